The van der Waals surface area contributed by atoms with Gasteiger partial charge < -0.3 is 9.84 Å². The van der Waals surface area contributed by atoms with Crippen molar-refractivity contribution in [3.63, 3.8) is 0 Å². The molecule has 0 aliphatic rings. The van der Waals surface area contributed by atoms with Gasteiger partial charge >= 0.3 is 0 Å². The van der Waals surface area contributed by atoms with Gasteiger partial charge in [-0.3, -0.25) is 11.7 Å². The molecule has 0 aliphatic heterocycles. The molecule has 5 N–H and O–H groups in total. The highest BCUT2D eigenvalue weighted by atomic mass is 16.6. The van der Waals surface area contributed by atoms with Crippen LogP contribution in [-0.2, 0) is 4.74 Å². The maximum atomic E-state index is 8.60. The van der Waals surface area contributed by atoms with Gasteiger partial charge in [-0.1, -0.05) is 0 Å². The van der Waals surface area contributed by atoms with E-state index >= 15 is 0 Å². The van der Waals surface area contributed by atoms with Crippen LogP contribution >= 0.6 is 0 Å². The van der Waals surface area contributed by atoms with Crippen LogP contribution in [0.1, 0.15) is 0 Å². The Balaban J connectivity index is 3.10. The number of aliphatic hydroxyl groups excluding tert-OH is 1. The third-order valence-corrected chi connectivity index (χ3v) is 0.639. The molecule has 0 rings (SSSR count). The summed E-state index contributed by atoms with van der Waals surface area (Å²) < 4.78 is 4.41. The first-order valence-corrected chi connectivity index (χ1v) is 2.14. The minimum atomic E-state index is -0.898. The highest BCUT2D eigenvalue weighted by Gasteiger charge is 2.01. The lowest BCUT2D eigenvalue weighted by Gasteiger charge is -2.12. The van der Waals surface area contributed by atoms with Crippen LogP contribution in [0.4, 0.5) is 0 Å². The number of nitrogens with two attached hydrogens (primary N) is 2. The first-order valence-electron chi connectivity index (χ1n) is 2.14. The van der Waals surface area contributed by atoms with E-state index in [-0.39, 0.29) is 6.54 Å². The number of rotatable bonds is 3. The Morgan fingerprint density at radius 3 is 2.38 bits per heavy atom. The molecule has 0 heterocycles. The number of ether oxygens (including phenoxy) is 1. The largest absolute Gasteiger partial charge is 0.367 e. The lowest BCUT2D eigenvalue weighted by molar-refractivity contribution is -0.0911. The van der Waals surface area contributed by atoms with Crippen molar-refractivity contribution < 1.29 is 9.84 Å². The lowest BCUT2D eigenvalue weighted by atomic mass is 10.6. The summed E-state index contributed by atoms with van der Waals surface area (Å²) in [7, 11) is 1.37. The van der Waals surface area contributed by atoms with Gasteiger partial charge in [-0.25, -0.2) is 0 Å². The zero-order chi connectivity index (χ0) is 6.57. The van der Waals surface area contributed by atoms with Crippen molar-refractivity contribution >= 4 is 0 Å². The highest BCUT2D eigenvalue weighted by molar-refractivity contribution is 4.38. The van der Waals surface area contributed by atoms with E-state index in [9.17, 15) is 0 Å². The molecule has 0 bridgehead atoms. The summed E-state index contributed by atoms with van der Waals surface area (Å²) in [6.07, 6.45) is -0.898. The normalized spacial score (nSPS) is 14.6. The molecule has 1 atom stereocenters. The molecule has 0 aromatic carbocycles. The minimum Gasteiger partial charge on any atom is -0.367 e. The molecule has 8 heavy (non-hydrogen) atoms. The molecule has 0 aromatic heterocycles. The van der Waals surface area contributed by atoms with Crippen LogP contribution in [0.5, 0.6) is 0 Å². The highest BCUT2D eigenvalue weighted by Crippen LogP contribution is 1.80. The van der Waals surface area contributed by atoms with E-state index in [4.69, 9.17) is 16.8 Å². The van der Waals surface area contributed by atoms with E-state index in [1.165, 1.54) is 7.11 Å². The van der Waals surface area contributed by atoms with Crippen molar-refractivity contribution in [2.45, 2.75) is 6.29 Å². The molecule has 0 spiro atoms. The number of nitrogens with zero attached hydrogens (tertiary/aromatic N) is 1. The number of aliphatic hydroxyl groups is 1. The quantitative estimate of drug-likeness (QED) is 0.228. The molecule has 0 amide bonds. The third kappa shape index (κ3) is 3.97. The fourth-order valence-corrected chi connectivity index (χ4v) is 0.255. The van der Waals surface area contributed by atoms with E-state index in [2.05, 4.69) is 4.74 Å². The maximum Gasteiger partial charge on any atom is 0.169 e. The molecule has 0 fully saturated rings. The fourth-order valence-electron chi connectivity index (χ4n) is 0.255. The van der Waals surface area contributed by atoms with Gasteiger partial charge in [-0.2, -0.15) is 5.12 Å². The average molecular weight is 121 g/mol. The van der Waals surface area contributed by atoms with Crippen molar-refractivity contribution in [1.29, 1.82) is 0 Å². The Kier molecular flexibility index (Phi) is 3.67. The predicted octanol–water partition coefficient (Wildman–Crippen LogP) is -2.00. The molecular formula is C3H11N3O2. The summed E-state index contributed by atoms with van der Waals surface area (Å²) in [4.78, 5) is 0. The van der Waals surface area contributed by atoms with Gasteiger partial charge in [0.15, 0.2) is 6.29 Å². The summed E-state index contributed by atoms with van der Waals surface area (Å²) in [6.45, 7) is 0.108. The van der Waals surface area contributed by atoms with E-state index in [0.717, 1.165) is 5.12 Å². The molecule has 0 saturated heterocycles. The summed E-state index contributed by atoms with van der Waals surface area (Å²) in [5.74, 6) is 9.88. The van der Waals surface area contributed by atoms with Crippen LogP contribution in [0.3, 0.4) is 0 Å². The van der Waals surface area contributed by atoms with Crippen LogP contribution < -0.4 is 11.7 Å². The molecule has 0 radical (unpaired) electrons. The van der Waals surface area contributed by atoms with Gasteiger partial charge in [0.05, 0.1) is 6.54 Å². The Morgan fingerprint density at radius 2 is 2.25 bits per heavy atom. The number of hydrazine groups is 2. The van der Waals surface area contributed by atoms with E-state index in [0.29, 0.717) is 0 Å². The summed E-state index contributed by atoms with van der Waals surface area (Å²) >= 11 is 0. The molecule has 50 valence electrons. The topological polar surface area (TPSA) is 84.7 Å². The van der Waals surface area contributed by atoms with Gasteiger partial charge in [0, 0.05) is 7.11 Å². The van der Waals surface area contributed by atoms with Crippen molar-refractivity contribution in [3.8, 4) is 0 Å². The Labute approximate surface area is 47.8 Å². The maximum absolute atomic E-state index is 8.60. The first kappa shape index (κ1) is 7.80. The van der Waals surface area contributed by atoms with Crippen molar-refractivity contribution in [2.24, 2.45) is 11.7 Å². The van der Waals surface area contributed by atoms with Gasteiger partial charge in [0.1, 0.15) is 0 Å². The van der Waals surface area contributed by atoms with Crippen molar-refractivity contribution in [1.82, 2.24) is 5.12 Å². The molecular weight excluding hydrogens is 110 g/mol. The second-order valence-electron chi connectivity index (χ2n) is 1.39. The molecule has 0 saturated carbocycles. The lowest BCUT2D eigenvalue weighted by Crippen LogP contribution is -2.43. The molecule has 1 unspecified atom stereocenters. The Hall–Kier alpha value is -0.200. The smallest absolute Gasteiger partial charge is 0.169 e. The molecule has 5 nitrogen and oxygen atoms in total. The van der Waals surface area contributed by atoms with E-state index in [1.54, 1.807) is 0 Å². The van der Waals surface area contributed by atoms with Gasteiger partial charge in [0.2, 0.25) is 0 Å². The Morgan fingerprint density at radius 1 is 1.75 bits per heavy atom. The predicted molar refractivity (Wildman–Crippen MR) is 28.1 cm³/mol. The zero-order valence-corrected chi connectivity index (χ0v) is 4.74. The van der Waals surface area contributed by atoms with Gasteiger partial charge in [-0.05, 0) is 0 Å². The van der Waals surface area contributed by atoms with Crippen LogP contribution in [-0.4, -0.2) is 30.2 Å². The van der Waals surface area contributed by atoms with E-state index < -0.39 is 6.29 Å². The molecule has 0 aliphatic carbocycles. The summed E-state index contributed by atoms with van der Waals surface area (Å²) in [6, 6.07) is 0. The van der Waals surface area contributed by atoms with E-state index in [1.807, 2.05) is 0 Å². The van der Waals surface area contributed by atoms with Gasteiger partial charge in [-0.15, -0.1) is 0 Å². The standard InChI is InChI=1S/C3H11N3O2/c1-8-3(7)2-6(4)5/h3,7H,2,4-5H2,1H3. The van der Waals surface area contributed by atoms with Crippen molar-refractivity contribution in [2.75, 3.05) is 13.7 Å². The summed E-state index contributed by atoms with van der Waals surface area (Å²) in [5.41, 5.74) is 0. The summed E-state index contributed by atoms with van der Waals surface area (Å²) in [5, 5.41) is 9.46. The van der Waals surface area contributed by atoms with Crippen LogP contribution in [0, 0.1) is 0 Å². The third-order valence-electron chi connectivity index (χ3n) is 0.639. The number of hydrogen-bond acceptors (Lipinski definition) is 5. The number of hydrogen-bond donors (Lipinski definition) is 3. The first-order chi connectivity index (χ1) is 3.66. The van der Waals surface area contributed by atoms with Crippen LogP contribution in [0.15, 0.2) is 0 Å². The van der Waals surface area contributed by atoms with Crippen molar-refractivity contribution in [3.05, 3.63) is 0 Å². The van der Waals surface area contributed by atoms with Gasteiger partial charge in [0.25, 0.3) is 0 Å². The Bertz CT molecular complexity index is 58.5. The molecule has 0 aromatic rings. The minimum absolute atomic E-state index is 0.108. The second-order valence-corrected chi connectivity index (χ2v) is 1.39. The zero-order valence-electron chi connectivity index (χ0n) is 4.74. The fraction of sp³-hybridized carbons (Fsp3) is 1.00. The monoisotopic (exact) mass is 121 g/mol. The van der Waals surface area contributed by atoms with Crippen LogP contribution in [0.25, 0.3) is 0 Å². The van der Waals surface area contributed by atoms with Crippen LogP contribution in [0.2, 0.25) is 0 Å². The molecule has 5 heteroatoms. The second kappa shape index (κ2) is 3.76. The number of methoxy groups -OCH3 is 1. The SMILES string of the molecule is COC(O)CN(N)N. The average Bonchev–Trinajstić information content (AvgIpc) is 1.65.